The highest BCUT2D eigenvalue weighted by atomic mass is 16.6. The average Bonchev–Trinajstić information content (AvgIpc) is 3.53. The highest BCUT2D eigenvalue weighted by Crippen LogP contribution is 2.67. The molecule has 0 radical (unpaired) electrons. The van der Waals surface area contributed by atoms with Crippen LogP contribution in [0.4, 0.5) is 0 Å². The molecule has 8 atom stereocenters. The zero-order chi connectivity index (χ0) is 29.7. The topological polar surface area (TPSA) is 128 Å². The van der Waals surface area contributed by atoms with E-state index in [4.69, 9.17) is 28.1 Å². The molecule has 1 saturated heterocycles. The highest BCUT2D eigenvalue weighted by molar-refractivity contribution is 5.90. The second-order valence-corrected chi connectivity index (χ2v) is 12.0. The Morgan fingerprint density at radius 2 is 1.46 bits per heavy atom. The molecule has 0 unspecified atom stereocenters. The number of furan rings is 1. The van der Waals surface area contributed by atoms with E-state index in [1.807, 2.05) is 27.7 Å². The molecule has 0 N–H and O–H groups in total. The van der Waals surface area contributed by atoms with Crippen molar-refractivity contribution in [2.24, 2.45) is 17.3 Å². The van der Waals surface area contributed by atoms with E-state index in [-0.39, 0.29) is 11.5 Å². The number of rotatable bonds is 6. The maximum Gasteiger partial charge on any atom is 0.341 e. The number of carbonyl (C=O) groups is 4. The zero-order valence-corrected chi connectivity index (χ0v) is 24.1. The molecule has 0 amide bonds. The summed E-state index contributed by atoms with van der Waals surface area (Å²) in [5.41, 5.74) is -2.44. The van der Waals surface area contributed by atoms with Crippen molar-refractivity contribution in [3.8, 4) is 0 Å². The van der Waals surface area contributed by atoms with Crippen molar-refractivity contribution < 1.29 is 47.3 Å². The molecule has 1 aromatic heterocycles. The van der Waals surface area contributed by atoms with Crippen LogP contribution >= 0.6 is 0 Å². The van der Waals surface area contributed by atoms with E-state index in [0.717, 1.165) is 0 Å². The van der Waals surface area contributed by atoms with Gasteiger partial charge in [-0.3, -0.25) is 9.59 Å². The molecule has 2 aromatic rings. The summed E-state index contributed by atoms with van der Waals surface area (Å²) in [6.07, 6.45) is -0.719. The average molecular weight is 569 g/mol. The second-order valence-electron chi connectivity index (χ2n) is 12.0. The van der Waals surface area contributed by atoms with Crippen molar-refractivity contribution in [3.63, 3.8) is 0 Å². The van der Waals surface area contributed by atoms with Crippen molar-refractivity contribution in [2.45, 2.75) is 90.0 Å². The van der Waals surface area contributed by atoms with Crippen LogP contribution in [-0.4, -0.2) is 59.5 Å². The Kier molecular flexibility index (Phi) is 7.26. The van der Waals surface area contributed by atoms with Crippen molar-refractivity contribution in [1.82, 2.24) is 0 Å². The van der Waals surface area contributed by atoms with Crippen LogP contribution < -0.4 is 0 Å². The summed E-state index contributed by atoms with van der Waals surface area (Å²) in [4.78, 5) is 51.7. The highest BCUT2D eigenvalue weighted by Gasteiger charge is 2.78. The predicted octanol–water partition coefficient (Wildman–Crippen LogP) is 4.51. The molecule has 5 rings (SSSR count). The zero-order valence-electron chi connectivity index (χ0n) is 24.1. The van der Waals surface area contributed by atoms with E-state index in [0.29, 0.717) is 18.4 Å². The number of hydrogen-bond acceptors (Lipinski definition) is 10. The molecule has 2 heterocycles. The Bertz CT molecular complexity index is 1320. The van der Waals surface area contributed by atoms with Crippen LogP contribution in [0.3, 0.4) is 0 Å². The summed E-state index contributed by atoms with van der Waals surface area (Å²) >= 11 is 0. The summed E-state index contributed by atoms with van der Waals surface area (Å²) in [6, 6.07) is 10.1. The van der Waals surface area contributed by atoms with Gasteiger partial charge in [-0.1, -0.05) is 25.1 Å². The molecular formula is C31H36O10. The molecule has 10 nitrogen and oxygen atoms in total. The van der Waals surface area contributed by atoms with Crippen molar-refractivity contribution in [3.05, 3.63) is 60.1 Å². The largest absolute Gasteiger partial charge is 0.472 e. The van der Waals surface area contributed by atoms with Gasteiger partial charge in [-0.25, -0.2) is 9.59 Å². The lowest BCUT2D eigenvalue weighted by Crippen LogP contribution is -2.75. The molecule has 10 heteroatoms. The molecule has 1 aromatic carbocycles. The molecule has 41 heavy (non-hydrogen) atoms. The molecule has 2 saturated carbocycles. The molecule has 2 bridgehead atoms. The lowest BCUT2D eigenvalue weighted by Gasteiger charge is -2.62. The monoisotopic (exact) mass is 568 g/mol. The first-order valence-electron chi connectivity index (χ1n) is 13.8. The first-order valence-corrected chi connectivity index (χ1v) is 13.8. The first-order chi connectivity index (χ1) is 19.3. The first kappa shape index (κ1) is 28.9. The van der Waals surface area contributed by atoms with Gasteiger partial charge in [0.1, 0.15) is 18.5 Å². The van der Waals surface area contributed by atoms with Gasteiger partial charge in [-0.15, -0.1) is 0 Å². The standard InChI is InChI=1S/C31H36O10/c1-17-24(37-18(2)32)25(38-19(3)33)26(40-28(35)21-12-13-36-16-21)30(6)23(39-27(34)20-10-8-7-9-11-20)14-22-15-31(17,30)41-29(22,4)5/h7-13,16-17,22-26H,14-15H2,1-6H3/t17-,22-,23+,24-,25-,26+,30-,31+/m1/s1. The van der Waals surface area contributed by atoms with Crippen LogP contribution in [0.1, 0.15) is 75.1 Å². The van der Waals surface area contributed by atoms with Crippen LogP contribution in [0.25, 0.3) is 0 Å². The molecule has 1 aliphatic heterocycles. The van der Waals surface area contributed by atoms with Gasteiger partial charge in [-0.2, -0.15) is 0 Å². The minimum atomic E-state index is -1.22. The number of fused-ring (bicyclic) bond motifs is 1. The quantitative estimate of drug-likeness (QED) is 0.363. The Balaban J connectivity index is 1.68. The Labute approximate surface area is 238 Å². The van der Waals surface area contributed by atoms with Crippen molar-refractivity contribution in [2.75, 3.05) is 0 Å². The van der Waals surface area contributed by atoms with Crippen molar-refractivity contribution >= 4 is 23.9 Å². The fourth-order valence-corrected chi connectivity index (χ4v) is 7.31. The van der Waals surface area contributed by atoms with Gasteiger partial charge in [0.15, 0.2) is 12.2 Å². The maximum atomic E-state index is 13.5. The Morgan fingerprint density at radius 1 is 0.829 bits per heavy atom. The fourth-order valence-electron chi connectivity index (χ4n) is 7.31. The number of hydrogen-bond donors (Lipinski definition) is 0. The smallest absolute Gasteiger partial charge is 0.341 e. The summed E-state index contributed by atoms with van der Waals surface area (Å²) in [5, 5.41) is 0. The molecule has 1 spiro atoms. The fraction of sp³-hybridized carbons (Fsp3) is 0.548. The normalized spacial score (nSPS) is 35.1. The van der Waals surface area contributed by atoms with Crippen LogP contribution in [-0.2, 0) is 33.3 Å². The Morgan fingerprint density at radius 3 is 2.07 bits per heavy atom. The van der Waals surface area contributed by atoms with Crippen LogP contribution in [0.5, 0.6) is 0 Å². The van der Waals surface area contributed by atoms with Gasteiger partial charge in [-0.05, 0) is 57.7 Å². The van der Waals surface area contributed by atoms with Gasteiger partial charge in [0.25, 0.3) is 0 Å². The molecule has 3 fully saturated rings. The summed E-state index contributed by atoms with van der Waals surface area (Å²) in [6.45, 7) is 10.2. The lowest BCUT2D eigenvalue weighted by molar-refractivity contribution is -0.304. The Hall–Kier alpha value is -3.66. The molecule has 3 aliphatic rings. The summed E-state index contributed by atoms with van der Waals surface area (Å²) in [5.74, 6) is -3.07. The second kappa shape index (κ2) is 10.3. The minimum Gasteiger partial charge on any atom is -0.472 e. The van der Waals surface area contributed by atoms with E-state index in [9.17, 15) is 19.2 Å². The number of benzene rings is 1. The van der Waals surface area contributed by atoms with Crippen LogP contribution in [0, 0.1) is 17.3 Å². The molecule has 2 aliphatic carbocycles. The van der Waals surface area contributed by atoms with Gasteiger partial charge < -0.3 is 28.1 Å². The number of ether oxygens (including phenoxy) is 5. The van der Waals surface area contributed by atoms with Gasteiger partial charge in [0.05, 0.1) is 34.0 Å². The third-order valence-electron chi connectivity index (χ3n) is 9.35. The van der Waals surface area contributed by atoms with E-state index in [2.05, 4.69) is 0 Å². The minimum absolute atomic E-state index is 0.0277. The number of carbonyl (C=O) groups excluding carboxylic acids is 4. The summed E-state index contributed by atoms with van der Waals surface area (Å²) in [7, 11) is 0. The van der Waals surface area contributed by atoms with Gasteiger partial charge in [0, 0.05) is 19.8 Å². The third-order valence-corrected chi connectivity index (χ3v) is 9.35. The maximum absolute atomic E-state index is 13.5. The number of esters is 4. The molecular weight excluding hydrogens is 532 g/mol. The molecule has 220 valence electrons. The van der Waals surface area contributed by atoms with Gasteiger partial charge >= 0.3 is 23.9 Å². The predicted molar refractivity (Wildman–Crippen MR) is 143 cm³/mol. The van der Waals surface area contributed by atoms with E-state index >= 15 is 0 Å². The van der Waals surface area contributed by atoms with E-state index in [1.165, 1.54) is 32.4 Å². The SMILES string of the molecule is CC(=O)O[C@@H]1[C@H](OC(C)=O)[C@@H](C)[C@@]23C[C@@H](C[C@H](OC(=O)c4ccccc4)[C@]2(C)[C@H]1OC(=O)c1ccoc1)C(C)(C)O3. The third kappa shape index (κ3) is 4.71. The van der Waals surface area contributed by atoms with Gasteiger partial charge in [0.2, 0.25) is 0 Å². The lowest BCUT2D eigenvalue weighted by atomic mass is 9.49. The van der Waals surface area contributed by atoms with Crippen molar-refractivity contribution in [1.29, 1.82) is 0 Å². The van der Waals surface area contributed by atoms with E-state index in [1.54, 1.807) is 30.3 Å². The van der Waals surface area contributed by atoms with E-state index < -0.39 is 70.8 Å². The van der Waals surface area contributed by atoms with Crippen LogP contribution in [0.2, 0.25) is 0 Å². The summed E-state index contributed by atoms with van der Waals surface area (Å²) < 4.78 is 36.1. The van der Waals surface area contributed by atoms with Crippen LogP contribution in [0.15, 0.2) is 53.3 Å².